The van der Waals surface area contributed by atoms with E-state index in [1.807, 2.05) is 30.3 Å². The van der Waals surface area contributed by atoms with Crippen molar-refractivity contribution in [3.05, 3.63) is 48.0 Å². The van der Waals surface area contributed by atoms with Crippen molar-refractivity contribution in [2.24, 2.45) is 0 Å². The van der Waals surface area contributed by atoms with Crippen molar-refractivity contribution in [3.8, 4) is 0 Å². The highest BCUT2D eigenvalue weighted by Crippen LogP contribution is 2.28. The van der Waals surface area contributed by atoms with E-state index < -0.39 is 15.4 Å². The zero-order valence-electron chi connectivity index (χ0n) is 8.79. The van der Waals surface area contributed by atoms with Gasteiger partial charge in [-0.15, -0.1) is 0 Å². The van der Waals surface area contributed by atoms with Crippen LogP contribution in [0.5, 0.6) is 0 Å². The van der Waals surface area contributed by atoms with E-state index >= 15 is 0 Å². The van der Waals surface area contributed by atoms with E-state index in [4.69, 9.17) is 4.55 Å². The number of hydrogen-bond acceptors (Lipinski definition) is 2. The van der Waals surface area contributed by atoms with Gasteiger partial charge in [-0.25, -0.2) is 0 Å². The third kappa shape index (κ3) is 1.94. The Bertz CT molecular complexity index is 612. The number of hydrogen-bond donors (Lipinski definition) is 1. The highest BCUT2D eigenvalue weighted by Gasteiger charge is 2.20. The first-order valence-electron chi connectivity index (χ1n) is 4.94. The van der Waals surface area contributed by atoms with Crippen LogP contribution < -0.4 is 0 Å². The lowest BCUT2D eigenvalue weighted by molar-refractivity contribution is 0.472. The monoisotopic (exact) mass is 236 g/mol. The summed E-state index contributed by atoms with van der Waals surface area (Å²) in [6.07, 6.45) is 0. The minimum atomic E-state index is -4.05. The summed E-state index contributed by atoms with van der Waals surface area (Å²) >= 11 is 0. The van der Waals surface area contributed by atoms with Crippen molar-refractivity contribution in [3.63, 3.8) is 0 Å². The second-order valence-electron chi connectivity index (χ2n) is 3.73. The molecular formula is C12H12O3S. The van der Waals surface area contributed by atoms with Gasteiger partial charge in [-0.1, -0.05) is 42.5 Å². The summed E-state index contributed by atoms with van der Waals surface area (Å²) in [5, 5.41) is 0.921. The fourth-order valence-corrected chi connectivity index (χ4v) is 2.29. The molecule has 0 aromatic heterocycles. The molecule has 16 heavy (non-hydrogen) atoms. The molecule has 4 heteroatoms. The molecule has 0 saturated heterocycles. The van der Waals surface area contributed by atoms with Crippen molar-refractivity contribution in [1.82, 2.24) is 0 Å². The molecule has 0 bridgehead atoms. The molecule has 0 aliphatic rings. The smallest absolute Gasteiger partial charge is 0.271 e. The van der Waals surface area contributed by atoms with Crippen LogP contribution in [0.4, 0.5) is 0 Å². The quantitative estimate of drug-likeness (QED) is 0.816. The zero-order chi connectivity index (χ0) is 11.8. The normalized spacial score (nSPS) is 13.9. The van der Waals surface area contributed by atoms with E-state index in [-0.39, 0.29) is 0 Å². The Morgan fingerprint density at radius 2 is 1.69 bits per heavy atom. The third-order valence-corrected chi connectivity index (χ3v) is 3.86. The molecule has 2 rings (SSSR count). The SMILES string of the molecule is CC(c1cccc2ccccc12)S(=O)(=O)O. The third-order valence-electron chi connectivity index (χ3n) is 2.71. The van der Waals surface area contributed by atoms with Crippen LogP contribution in [0.2, 0.25) is 0 Å². The Morgan fingerprint density at radius 1 is 1.06 bits per heavy atom. The molecule has 0 radical (unpaired) electrons. The van der Waals surface area contributed by atoms with E-state index in [2.05, 4.69) is 0 Å². The average molecular weight is 236 g/mol. The van der Waals surface area contributed by atoms with Crippen molar-refractivity contribution in [2.45, 2.75) is 12.2 Å². The van der Waals surface area contributed by atoms with Gasteiger partial charge in [0.25, 0.3) is 10.1 Å². The summed E-state index contributed by atoms with van der Waals surface area (Å²) < 4.78 is 31.3. The minimum absolute atomic E-state index is 0.626. The van der Waals surface area contributed by atoms with Gasteiger partial charge in [-0.2, -0.15) is 8.42 Å². The lowest BCUT2D eigenvalue weighted by Crippen LogP contribution is -2.08. The fraction of sp³-hybridized carbons (Fsp3) is 0.167. The van der Waals surface area contributed by atoms with Crippen LogP contribution in [0.15, 0.2) is 42.5 Å². The first kappa shape index (κ1) is 11.1. The van der Waals surface area contributed by atoms with Crippen LogP contribution >= 0.6 is 0 Å². The highest BCUT2D eigenvalue weighted by molar-refractivity contribution is 7.86. The summed E-state index contributed by atoms with van der Waals surface area (Å²) in [5.41, 5.74) is 0.626. The maximum Gasteiger partial charge on any atom is 0.271 e. The largest absolute Gasteiger partial charge is 0.285 e. The Labute approximate surface area is 94.5 Å². The zero-order valence-corrected chi connectivity index (χ0v) is 9.61. The number of benzene rings is 2. The lowest BCUT2D eigenvalue weighted by atomic mass is 10.0. The van der Waals surface area contributed by atoms with Crippen LogP contribution in [-0.4, -0.2) is 13.0 Å². The van der Waals surface area contributed by atoms with Gasteiger partial charge < -0.3 is 0 Å². The molecular weight excluding hydrogens is 224 g/mol. The van der Waals surface area contributed by atoms with E-state index in [1.54, 1.807) is 12.1 Å². The molecule has 2 aromatic rings. The molecule has 0 aliphatic carbocycles. The van der Waals surface area contributed by atoms with E-state index in [9.17, 15) is 8.42 Å². The van der Waals surface area contributed by atoms with Gasteiger partial charge in [0.2, 0.25) is 0 Å². The molecule has 1 unspecified atom stereocenters. The van der Waals surface area contributed by atoms with Gasteiger partial charge in [0.1, 0.15) is 5.25 Å². The maximum absolute atomic E-state index is 11.1. The first-order chi connectivity index (χ1) is 7.50. The summed E-state index contributed by atoms with van der Waals surface area (Å²) in [6, 6.07) is 12.9. The van der Waals surface area contributed by atoms with E-state index in [1.165, 1.54) is 6.92 Å². The van der Waals surface area contributed by atoms with Gasteiger partial charge in [0.05, 0.1) is 0 Å². The second-order valence-corrected chi connectivity index (χ2v) is 5.46. The van der Waals surface area contributed by atoms with Crippen LogP contribution in [0, 0.1) is 0 Å². The van der Waals surface area contributed by atoms with Crippen LogP contribution in [0.1, 0.15) is 17.7 Å². The Morgan fingerprint density at radius 3 is 2.38 bits per heavy atom. The van der Waals surface area contributed by atoms with E-state index in [0.29, 0.717) is 5.56 Å². The van der Waals surface area contributed by atoms with E-state index in [0.717, 1.165) is 10.8 Å². The van der Waals surface area contributed by atoms with Gasteiger partial charge in [0.15, 0.2) is 0 Å². The Hall–Kier alpha value is -1.39. The molecule has 84 valence electrons. The topological polar surface area (TPSA) is 54.4 Å². The van der Waals surface area contributed by atoms with Crippen molar-refractivity contribution in [2.75, 3.05) is 0 Å². The first-order valence-corrected chi connectivity index (χ1v) is 6.44. The molecule has 1 atom stereocenters. The number of rotatable bonds is 2. The molecule has 0 amide bonds. The molecule has 2 aromatic carbocycles. The molecule has 0 saturated carbocycles. The molecule has 0 aliphatic heterocycles. The Balaban J connectivity index is 2.70. The molecule has 3 nitrogen and oxygen atoms in total. The molecule has 1 N–H and O–H groups in total. The fourth-order valence-electron chi connectivity index (χ4n) is 1.77. The van der Waals surface area contributed by atoms with Gasteiger partial charge in [0, 0.05) is 0 Å². The van der Waals surface area contributed by atoms with Gasteiger partial charge >= 0.3 is 0 Å². The predicted molar refractivity (Wildman–Crippen MR) is 63.9 cm³/mol. The predicted octanol–water partition coefficient (Wildman–Crippen LogP) is 2.79. The van der Waals surface area contributed by atoms with Crippen LogP contribution in [0.3, 0.4) is 0 Å². The minimum Gasteiger partial charge on any atom is -0.285 e. The van der Waals surface area contributed by atoms with Crippen LogP contribution in [0.25, 0.3) is 10.8 Å². The Kier molecular flexibility index (Phi) is 2.69. The van der Waals surface area contributed by atoms with Crippen molar-refractivity contribution < 1.29 is 13.0 Å². The maximum atomic E-state index is 11.1. The van der Waals surface area contributed by atoms with Gasteiger partial charge in [-0.3, -0.25) is 4.55 Å². The highest BCUT2D eigenvalue weighted by atomic mass is 32.2. The summed E-state index contributed by atoms with van der Waals surface area (Å²) in [6.45, 7) is 1.48. The molecule has 0 heterocycles. The number of fused-ring (bicyclic) bond motifs is 1. The average Bonchev–Trinajstić information content (AvgIpc) is 2.26. The standard InChI is InChI=1S/C12H12O3S/c1-9(16(13,14)15)11-8-4-6-10-5-2-3-7-12(10)11/h2-9H,1H3,(H,13,14,15). The second kappa shape index (κ2) is 3.88. The summed E-state index contributed by atoms with van der Waals surface area (Å²) in [7, 11) is -4.05. The molecule has 0 spiro atoms. The van der Waals surface area contributed by atoms with Gasteiger partial charge in [-0.05, 0) is 23.3 Å². The summed E-state index contributed by atoms with van der Waals surface area (Å²) in [5.74, 6) is 0. The van der Waals surface area contributed by atoms with Crippen molar-refractivity contribution >= 4 is 20.9 Å². The van der Waals surface area contributed by atoms with Crippen LogP contribution in [-0.2, 0) is 10.1 Å². The van der Waals surface area contributed by atoms with Crippen molar-refractivity contribution in [1.29, 1.82) is 0 Å². The summed E-state index contributed by atoms with van der Waals surface area (Å²) in [4.78, 5) is 0. The lowest BCUT2D eigenvalue weighted by Gasteiger charge is -2.11. The molecule has 0 fully saturated rings.